The van der Waals surface area contributed by atoms with E-state index in [9.17, 15) is 19.5 Å². The largest absolute Gasteiger partial charge is 0.387 e. The van der Waals surface area contributed by atoms with E-state index in [1.54, 1.807) is 6.92 Å². The second kappa shape index (κ2) is 5.70. The van der Waals surface area contributed by atoms with E-state index >= 15 is 0 Å². The Kier molecular flexibility index (Phi) is 3.99. The molecule has 3 saturated heterocycles. The van der Waals surface area contributed by atoms with Gasteiger partial charge < -0.3 is 19.4 Å². The quantitative estimate of drug-likeness (QED) is 0.435. The summed E-state index contributed by atoms with van der Waals surface area (Å²) in [4.78, 5) is 39.7. The number of aliphatic hydroxyl groups excluding tert-OH is 1. The zero-order valence-electron chi connectivity index (χ0n) is 12.8. The van der Waals surface area contributed by atoms with Crippen molar-refractivity contribution in [1.82, 2.24) is 5.06 Å². The molecule has 3 aliphatic rings. The van der Waals surface area contributed by atoms with Crippen LogP contribution in [0.4, 0.5) is 0 Å². The van der Waals surface area contributed by atoms with Gasteiger partial charge in [-0.25, -0.2) is 4.79 Å². The molecule has 1 N–H and O–H groups in total. The molecule has 0 aromatic carbocycles. The van der Waals surface area contributed by atoms with Crippen LogP contribution >= 0.6 is 0 Å². The fourth-order valence-electron chi connectivity index (χ4n) is 2.98. The number of nitrogens with zero attached hydrogens (tertiary/aromatic N) is 1. The number of rotatable bonds is 4. The minimum absolute atomic E-state index is 0.0485. The lowest BCUT2D eigenvalue weighted by Crippen LogP contribution is -2.51. The highest BCUT2D eigenvalue weighted by Gasteiger charge is 2.59. The summed E-state index contributed by atoms with van der Waals surface area (Å²) in [6.45, 7) is 5.91. The van der Waals surface area contributed by atoms with Crippen LogP contribution in [0.15, 0.2) is 12.2 Å². The predicted molar refractivity (Wildman–Crippen MR) is 74.6 cm³/mol. The molecule has 126 valence electrons. The lowest BCUT2D eigenvalue weighted by molar-refractivity contribution is -0.202. The van der Waals surface area contributed by atoms with E-state index in [0.717, 1.165) is 0 Å². The third-order valence-corrected chi connectivity index (χ3v) is 4.33. The van der Waals surface area contributed by atoms with Crippen LogP contribution in [0.3, 0.4) is 0 Å². The summed E-state index contributed by atoms with van der Waals surface area (Å²) in [7, 11) is 0. The first-order valence-corrected chi connectivity index (χ1v) is 7.52. The van der Waals surface area contributed by atoms with Gasteiger partial charge >= 0.3 is 5.97 Å². The Balaban J connectivity index is 1.61. The number of epoxide rings is 1. The molecule has 3 fully saturated rings. The maximum Gasteiger partial charge on any atom is 0.335 e. The van der Waals surface area contributed by atoms with Gasteiger partial charge in [-0.15, -0.1) is 5.06 Å². The number of carbonyl (C=O) groups is 3. The van der Waals surface area contributed by atoms with Gasteiger partial charge in [0.25, 0.3) is 11.8 Å². The van der Waals surface area contributed by atoms with Crippen molar-refractivity contribution < 1.29 is 33.8 Å². The van der Waals surface area contributed by atoms with Gasteiger partial charge in [-0.2, -0.15) is 0 Å². The standard InChI is InChI=1S/C15H19NO7/c1-8(2)13-14(20)15(7-21-15)6-9(22-13)5-12(19)23-16-10(17)3-4-11(16)18/h9,13-14,20H,1,3-7H2,2H3/t9-,13-,14-,15-/m1/s1. The molecule has 1 spiro atoms. The molecule has 0 aromatic rings. The number of ether oxygens (including phenoxy) is 2. The van der Waals surface area contributed by atoms with Gasteiger partial charge in [0.1, 0.15) is 17.8 Å². The second-order valence-electron chi connectivity index (χ2n) is 6.28. The van der Waals surface area contributed by atoms with Crippen LogP contribution in [0, 0.1) is 0 Å². The van der Waals surface area contributed by atoms with Crippen LogP contribution in [0.5, 0.6) is 0 Å². The SMILES string of the molecule is C=C(C)[C@H]1O[C@H](CC(=O)ON2C(=O)CCC2=O)C[C@@]2(CO2)[C@@H]1O. The van der Waals surface area contributed by atoms with Crippen LogP contribution in [-0.2, 0) is 28.7 Å². The minimum Gasteiger partial charge on any atom is -0.387 e. The Morgan fingerprint density at radius 3 is 2.57 bits per heavy atom. The minimum atomic E-state index is -0.825. The van der Waals surface area contributed by atoms with Crippen molar-refractivity contribution in [2.75, 3.05) is 6.61 Å². The molecule has 0 radical (unpaired) electrons. The van der Waals surface area contributed by atoms with Gasteiger partial charge in [0, 0.05) is 19.3 Å². The first-order chi connectivity index (χ1) is 10.8. The summed E-state index contributed by atoms with van der Waals surface area (Å²) >= 11 is 0. The number of hydrogen-bond acceptors (Lipinski definition) is 7. The topological polar surface area (TPSA) is 106 Å². The van der Waals surface area contributed by atoms with Crippen molar-refractivity contribution >= 4 is 17.8 Å². The molecule has 0 unspecified atom stereocenters. The lowest BCUT2D eigenvalue weighted by atomic mass is 9.86. The molecule has 2 amide bonds. The summed E-state index contributed by atoms with van der Waals surface area (Å²) < 4.78 is 11.1. The highest BCUT2D eigenvalue weighted by molar-refractivity contribution is 6.01. The number of imide groups is 1. The molecular weight excluding hydrogens is 306 g/mol. The van der Waals surface area contributed by atoms with Gasteiger partial charge in [0.2, 0.25) is 0 Å². The summed E-state index contributed by atoms with van der Waals surface area (Å²) in [5.41, 5.74) is -0.0677. The maximum absolute atomic E-state index is 12.0. The normalized spacial score (nSPS) is 36.4. The summed E-state index contributed by atoms with van der Waals surface area (Å²) in [5.74, 6) is -1.78. The Labute approximate surface area is 132 Å². The van der Waals surface area contributed by atoms with Gasteiger partial charge in [0.05, 0.1) is 19.1 Å². The molecule has 4 atom stereocenters. The molecule has 0 aliphatic carbocycles. The van der Waals surface area contributed by atoms with Gasteiger partial charge in [-0.1, -0.05) is 6.58 Å². The van der Waals surface area contributed by atoms with Crippen LogP contribution in [-0.4, -0.2) is 58.5 Å². The first kappa shape index (κ1) is 16.1. The summed E-state index contributed by atoms with van der Waals surface area (Å²) in [6, 6.07) is 0. The number of hydrogen-bond donors (Lipinski definition) is 1. The number of hydroxylamine groups is 2. The summed E-state index contributed by atoms with van der Waals surface area (Å²) in [6.07, 6.45) is -1.69. The van der Waals surface area contributed by atoms with Crippen molar-refractivity contribution in [3.05, 3.63) is 12.2 Å². The zero-order chi connectivity index (χ0) is 16.8. The Bertz CT molecular complexity index is 552. The van der Waals surface area contributed by atoms with E-state index in [2.05, 4.69) is 6.58 Å². The smallest absolute Gasteiger partial charge is 0.335 e. The van der Waals surface area contributed by atoms with E-state index < -0.39 is 41.7 Å². The van der Waals surface area contributed by atoms with E-state index in [4.69, 9.17) is 14.3 Å². The Morgan fingerprint density at radius 1 is 1.43 bits per heavy atom. The van der Waals surface area contributed by atoms with E-state index in [1.807, 2.05) is 0 Å². The van der Waals surface area contributed by atoms with E-state index in [0.29, 0.717) is 23.7 Å². The molecule has 3 aliphatic heterocycles. The van der Waals surface area contributed by atoms with Gasteiger partial charge in [-0.05, 0) is 12.5 Å². The number of carbonyl (C=O) groups excluding carboxylic acids is 3. The van der Waals surface area contributed by atoms with Crippen LogP contribution in [0.2, 0.25) is 0 Å². The van der Waals surface area contributed by atoms with Crippen molar-refractivity contribution in [3.63, 3.8) is 0 Å². The van der Waals surface area contributed by atoms with Crippen LogP contribution in [0.25, 0.3) is 0 Å². The summed E-state index contributed by atoms with van der Waals surface area (Å²) in [5, 5.41) is 10.8. The fourth-order valence-corrected chi connectivity index (χ4v) is 2.98. The predicted octanol–water partition coefficient (Wildman–Crippen LogP) is -0.153. The van der Waals surface area contributed by atoms with Crippen LogP contribution < -0.4 is 0 Å². The third kappa shape index (κ3) is 3.01. The molecular formula is C15H19NO7. The molecule has 0 saturated carbocycles. The maximum atomic E-state index is 12.0. The molecule has 0 bridgehead atoms. The van der Waals surface area contributed by atoms with Crippen molar-refractivity contribution in [2.24, 2.45) is 0 Å². The Hall–Kier alpha value is -1.77. The van der Waals surface area contributed by atoms with Crippen molar-refractivity contribution in [2.45, 2.75) is 56.5 Å². The molecule has 3 heterocycles. The van der Waals surface area contributed by atoms with Crippen molar-refractivity contribution in [3.8, 4) is 0 Å². The molecule has 23 heavy (non-hydrogen) atoms. The number of amides is 2. The van der Waals surface area contributed by atoms with E-state index in [1.165, 1.54) is 0 Å². The lowest BCUT2D eigenvalue weighted by Gasteiger charge is -2.38. The highest BCUT2D eigenvalue weighted by Crippen LogP contribution is 2.44. The number of aliphatic hydroxyl groups is 1. The fraction of sp³-hybridized carbons (Fsp3) is 0.667. The average molecular weight is 325 g/mol. The third-order valence-electron chi connectivity index (χ3n) is 4.33. The first-order valence-electron chi connectivity index (χ1n) is 7.52. The molecule has 8 nitrogen and oxygen atoms in total. The average Bonchev–Trinajstić information content (AvgIpc) is 3.18. The second-order valence-corrected chi connectivity index (χ2v) is 6.28. The van der Waals surface area contributed by atoms with Crippen LogP contribution in [0.1, 0.15) is 32.6 Å². The van der Waals surface area contributed by atoms with E-state index in [-0.39, 0.29) is 19.3 Å². The molecule has 8 heteroatoms. The Morgan fingerprint density at radius 2 is 2.04 bits per heavy atom. The zero-order valence-corrected chi connectivity index (χ0v) is 12.8. The molecule has 3 rings (SSSR count). The van der Waals surface area contributed by atoms with Crippen molar-refractivity contribution in [1.29, 1.82) is 0 Å². The highest BCUT2D eigenvalue weighted by atomic mass is 16.7. The van der Waals surface area contributed by atoms with Gasteiger partial charge in [-0.3, -0.25) is 9.59 Å². The van der Waals surface area contributed by atoms with Gasteiger partial charge in [0.15, 0.2) is 0 Å². The molecule has 0 aromatic heterocycles. The monoisotopic (exact) mass is 325 g/mol.